The van der Waals surface area contributed by atoms with Crippen molar-refractivity contribution in [3.05, 3.63) is 78.6 Å². The van der Waals surface area contributed by atoms with Gasteiger partial charge in [0.05, 0.1) is 23.3 Å². The van der Waals surface area contributed by atoms with Crippen LogP contribution < -0.4 is 24.4 Å². The Kier molecular flexibility index (Phi) is 6.69. The molecule has 1 aromatic heterocycles. The molecule has 1 aliphatic rings. The summed E-state index contributed by atoms with van der Waals surface area (Å²) in [5.74, 6) is -1.20. The van der Waals surface area contributed by atoms with Gasteiger partial charge in [-0.15, -0.1) is 13.2 Å². The van der Waals surface area contributed by atoms with Gasteiger partial charge < -0.3 is 10.1 Å². The van der Waals surface area contributed by atoms with Gasteiger partial charge in [-0.25, -0.2) is 9.69 Å². The second-order valence-corrected chi connectivity index (χ2v) is 9.64. The third-order valence-corrected chi connectivity index (χ3v) is 6.31. The van der Waals surface area contributed by atoms with Crippen LogP contribution in [0.5, 0.6) is 5.75 Å². The maximum atomic E-state index is 13.3. The number of aromatic nitrogens is 1. The predicted octanol–water partition coefficient (Wildman–Crippen LogP) is 3.81. The van der Waals surface area contributed by atoms with Crippen molar-refractivity contribution in [1.82, 2.24) is 10.3 Å². The zero-order valence-corrected chi connectivity index (χ0v) is 19.9. The summed E-state index contributed by atoms with van der Waals surface area (Å²) in [7, 11) is -4.07. The molecule has 37 heavy (non-hydrogen) atoms. The van der Waals surface area contributed by atoms with Crippen LogP contribution in [0.4, 0.5) is 35.0 Å². The number of benzene rings is 2. The molecular weight excluding hydrogens is 515 g/mol. The number of pyridine rings is 1. The molecule has 0 aliphatic carbocycles. The average Bonchev–Trinajstić information content (AvgIpc) is 3.02. The number of nitrogens with zero attached hydrogens (tertiary/aromatic N) is 2. The molecule has 3 N–H and O–H groups in total. The van der Waals surface area contributed by atoms with E-state index in [1.54, 1.807) is 30.3 Å². The standard InChI is InChI=1S/C23H20F3N5O5S/c1-22(20(32)31(21(33)28-22)17-7-9-18(10-8-17)36-23(24,25)26)13-15-11-12-27-14-19(15)30-37(34,35)29-16-5-3-2-4-6-16/h2-12,14,29-30H,13H2,1H3,(H,28,33). The van der Waals surface area contributed by atoms with Crippen LogP contribution in [0.1, 0.15) is 12.5 Å². The summed E-state index contributed by atoms with van der Waals surface area (Å²) in [6, 6.07) is 13.1. The normalized spacial score (nSPS) is 17.9. The number of para-hydroxylation sites is 1. The lowest BCUT2D eigenvalue weighted by molar-refractivity contribution is -0.274. The molecule has 0 radical (unpaired) electrons. The number of nitrogens with one attached hydrogen (secondary N) is 3. The van der Waals surface area contributed by atoms with Crippen molar-refractivity contribution in [2.45, 2.75) is 25.2 Å². The summed E-state index contributed by atoms with van der Waals surface area (Å²) in [5, 5.41) is 2.57. The molecule has 3 aromatic rings. The first-order valence-electron chi connectivity index (χ1n) is 10.7. The molecule has 1 saturated heterocycles. The van der Waals surface area contributed by atoms with E-state index in [0.717, 1.165) is 29.2 Å². The zero-order valence-electron chi connectivity index (χ0n) is 19.1. The zero-order chi connectivity index (χ0) is 26.8. The van der Waals surface area contributed by atoms with Crippen LogP contribution in [0.2, 0.25) is 0 Å². The second kappa shape index (κ2) is 9.61. The van der Waals surface area contributed by atoms with Crippen molar-refractivity contribution in [2.75, 3.05) is 14.3 Å². The number of urea groups is 1. The van der Waals surface area contributed by atoms with Gasteiger partial charge in [-0.05, 0) is 55.0 Å². The van der Waals surface area contributed by atoms with E-state index in [9.17, 15) is 31.2 Å². The molecule has 2 heterocycles. The number of alkyl halides is 3. The Labute approximate surface area is 209 Å². The van der Waals surface area contributed by atoms with Crippen LogP contribution >= 0.6 is 0 Å². The highest BCUT2D eigenvalue weighted by Crippen LogP contribution is 2.31. The maximum absolute atomic E-state index is 13.3. The molecule has 14 heteroatoms. The Balaban J connectivity index is 1.53. The molecule has 3 amide bonds. The number of amides is 3. The van der Waals surface area contributed by atoms with E-state index in [-0.39, 0.29) is 17.8 Å². The van der Waals surface area contributed by atoms with Crippen LogP contribution in [-0.2, 0) is 21.4 Å². The Hall–Kier alpha value is -4.33. The lowest BCUT2D eigenvalue weighted by Gasteiger charge is -2.23. The number of anilines is 3. The molecule has 10 nitrogen and oxygen atoms in total. The van der Waals surface area contributed by atoms with Gasteiger partial charge >= 0.3 is 22.6 Å². The van der Waals surface area contributed by atoms with E-state index in [1.807, 2.05) is 0 Å². The second-order valence-electron chi connectivity index (χ2n) is 8.23. The number of carbonyl (C=O) groups excluding carboxylic acids is 2. The molecule has 4 rings (SSSR count). The Morgan fingerprint density at radius 2 is 1.70 bits per heavy atom. The molecule has 194 valence electrons. The Bertz CT molecular complexity index is 1420. The fourth-order valence-electron chi connectivity index (χ4n) is 3.72. The molecule has 1 aliphatic heterocycles. The summed E-state index contributed by atoms with van der Waals surface area (Å²) >= 11 is 0. The number of ether oxygens (including phenoxy) is 1. The highest BCUT2D eigenvalue weighted by Gasteiger charge is 2.48. The minimum absolute atomic E-state index is 0.0310. The van der Waals surface area contributed by atoms with Crippen molar-refractivity contribution in [3.8, 4) is 5.75 Å². The lowest BCUT2D eigenvalue weighted by atomic mass is 9.92. The first-order valence-corrected chi connectivity index (χ1v) is 12.1. The van der Waals surface area contributed by atoms with Gasteiger partial charge in [0.15, 0.2) is 0 Å². The van der Waals surface area contributed by atoms with Gasteiger partial charge in [0.25, 0.3) is 5.91 Å². The fourth-order valence-corrected chi connectivity index (χ4v) is 4.69. The number of carbonyl (C=O) groups is 2. The average molecular weight is 536 g/mol. The highest BCUT2D eigenvalue weighted by atomic mass is 32.2. The highest BCUT2D eigenvalue weighted by molar-refractivity contribution is 7.94. The van der Waals surface area contributed by atoms with E-state index < -0.39 is 39.8 Å². The van der Waals surface area contributed by atoms with Gasteiger partial charge in [0.2, 0.25) is 0 Å². The molecule has 1 unspecified atom stereocenters. The van der Waals surface area contributed by atoms with Crippen LogP contribution in [-0.4, -0.2) is 37.2 Å². The van der Waals surface area contributed by atoms with E-state index in [1.165, 1.54) is 25.4 Å². The summed E-state index contributed by atoms with van der Waals surface area (Å²) in [5.41, 5.74) is -0.690. The van der Waals surface area contributed by atoms with E-state index >= 15 is 0 Å². The van der Waals surface area contributed by atoms with Crippen LogP contribution in [0, 0.1) is 0 Å². The molecular formula is C23H20F3N5O5S. The van der Waals surface area contributed by atoms with Crippen LogP contribution in [0.3, 0.4) is 0 Å². The summed E-state index contributed by atoms with van der Waals surface area (Å²) in [6.45, 7) is 1.45. The number of hydrogen-bond donors (Lipinski definition) is 3. The van der Waals surface area contributed by atoms with Gasteiger partial charge in [0.1, 0.15) is 11.3 Å². The maximum Gasteiger partial charge on any atom is 0.573 e. The number of rotatable bonds is 8. The summed E-state index contributed by atoms with van der Waals surface area (Å²) in [6.07, 6.45) is -2.34. The van der Waals surface area contributed by atoms with Crippen molar-refractivity contribution in [3.63, 3.8) is 0 Å². The third kappa shape index (κ3) is 6.09. The van der Waals surface area contributed by atoms with Gasteiger partial charge in [0, 0.05) is 12.6 Å². The Morgan fingerprint density at radius 3 is 2.35 bits per heavy atom. The van der Waals surface area contributed by atoms with Crippen molar-refractivity contribution in [2.24, 2.45) is 0 Å². The van der Waals surface area contributed by atoms with Gasteiger partial charge in [-0.2, -0.15) is 8.42 Å². The topological polar surface area (TPSA) is 130 Å². The van der Waals surface area contributed by atoms with Crippen molar-refractivity contribution < 1.29 is 35.9 Å². The summed E-state index contributed by atoms with van der Waals surface area (Å²) < 4.78 is 71.1. The molecule has 0 saturated carbocycles. The quantitative estimate of drug-likeness (QED) is 0.376. The first kappa shape index (κ1) is 25.8. The van der Waals surface area contributed by atoms with E-state index in [2.05, 4.69) is 24.5 Å². The lowest BCUT2D eigenvalue weighted by Crippen LogP contribution is -2.46. The largest absolute Gasteiger partial charge is 0.573 e. The SMILES string of the molecule is CC1(Cc2ccncc2NS(=O)(=O)Nc2ccccc2)NC(=O)N(c2ccc(OC(F)(F)F)cc2)C1=O. The van der Waals surface area contributed by atoms with E-state index in [0.29, 0.717) is 11.3 Å². The number of imide groups is 1. The molecule has 1 fully saturated rings. The number of hydrogen-bond acceptors (Lipinski definition) is 6. The molecule has 0 spiro atoms. The van der Waals surface area contributed by atoms with Crippen molar-refractivity contribution in [1.29, 1.82) is 0 Å². The van der Waals surface area contributed by atoms with Gasteiger partial charge in [-0.1, -0.05) is 18.2 Å². The fraction of sp³-hybridized carbons (Fsp3) is 0.174. The van der Waals surface area contributed by atoms with Crippen LogP contribution in [0.25, 0.3) is 0 Å². The minimum atomic E-state index is -4.89. The summed E-state index contributed by atoms with van der Waals surface area (Å²) in [4.78, 5) is 30.7. The van der Waals surface area contributed by atoms with Gasteiger partial charge in [-0.3, -0.25) is 19.2 Å². The predicted molar refractivity (Wildman–Crippen MR) is 128 cm³/mol. The van der Waals surface area contributed by atoms with Crippen molar-refractivity contribution >= 4 is 39.2 Å². The molecule has 1 atom stereocenters. The first-order chi connectivity index (χ1) is 17.4. The Morgan fingerprint density at radius 1 is 1.03 bits per heavy atom. The third-order valence-electron chi connectivity index (χ3n) is 5.32. The smallest absolute Gasteiger partial charge is 0.406 e. The van der Waals surface area contributed by atoms with Crippen LogP contribution in [0.15, 0.2) is 73.1 Å². The van der Waals surface area contributed by atoms with E-state index in [4.69, 9.17) is 0 Å². The molecule has 0 bridgehead atoms. The number of halogens is 3. The monoisotopic (exact) mass is 535 g/mol. The molecule has 2 aromatic carbocycles. The minimum Gasteiger partial charge on any atom is -0.406 e.